The van der Waals surface area contributed by atoms with Gasteiger partial charge in [0.05, 0.1) is 10.7 Å². The van der Waals surface area contributed by atoms with Gasteiger partial charge in [-0.25, -0.2) is 0 Å². The fourth-order valence-electron chi connectivity index (χ4n) is 1.95. The third kappa shape index (κ3) is 3.92. The smallest absolute Gasteiger partial charge is 0.227 e. The Kier molecular flexibility index (Phi) is 4.63. The summed E-state index contributed by atoms with van der Waals surface area (Å²) in [5.74, 6) is 0.628. The van der Waals surface area contributed by atoms with Gasteiger partial charge in [0.2, 0.25) is 17.6 Å². The summed E-state index contributed by atoms with van der Waals surface area (Å²) in [4.78, 5) is 20.3. The molecule has 0 aliphatic heterocycles. The normalized spacial score (nSPS) is 10.5. The summed E-state index contributed by atoms with van der Waals surface area (Å²) >= 11 is 5.99. The van der Waals surface area contributed by atoms with Crippen LogP contribution < -0.4 is 5.32 Å². The van der Waals surface area contributed by atoms with Gasteiger partial charge in [-0.3, -0.25) is 9.78 Å². The number of benzene rings is 1. The maximum absolute atomic E-state index is 11.9. The molecule has 7 heteroatoms. The highest BCUT2D eigenvalue weighted by atomic mass is 35.5. The van der Waals surface area contributed by atoms with Gasteiger partial charge >= 0.3 is 0 Å². The van der Waals surface area contributed by atoms with Gasteiger partial charge in [0.15, 0.2) is 0 Å². The molecule has 1 aromatic carbocycles. The summed E-state index contributed by atoms with van der Waals surface area (Å²) in [6, 6.07) is 12.5. The molecule has 0 saturated carbocycles. The highest BCUT2D eigenvalue weighted by Crippen LogP contribution is 2.20. The molecule has 116 valence electrons. The first-order valence-corrected chi connectivity index (χ1v) is 7.38. The third-order valence-corrected chi connectivity index (χ3v) is 3.41. The Morgan fingerprint density at radius 3 is 2.78 bits per heavy atom. The van der Waals surface area contributed by atoms with Gasteiger partial charge in [0.25, 0.3) is 0 Å². The number of rotatable bonds is 5. The minimum Gasteiger partial charge on any atom is -0.339 e. The largest absolute Gasteiger partial charge is 0.339 e. The lowest BCUT2D eigenvalue weighted by Crippen LogP contribution is -2.12. The Bertz CT molecular complexity index is 805. The number of nitrogens with zero attached hydrogens (tertiary/aromatic N) is 3. The molecule has 6 nitrogen and oxygen atoms in total. The molecule has 0 unspecified atom stereocenters. The van der Waals surface area contributed by atoms with Crippen molar-refractivity contribution in [3.63, 3.8) is 0 Å². The maximum Gasteiger partial charge on any atom is 0.227 e. The summed E-state index contributed by atoms with van der Waals surface area (Å²) in [5.41, 5.74) is 1.21. The summed E-state index contributed by atoms with van der Waals surface area (Å²) in [6.45, 7) is 0. The fourth-order valence-corrected chi connectivity index (χ4v) is 2.13. The van der Waals surface area contributed by atoms with Crippen LogP contribution in [0.2, 0.25) is 5.02 Å². The van der Waals surface area contributed by atoms with Gasteiger partial charge in [-0.05, 0) is 24.3 Å². The third-order valence-electron chi connectivity index (χ3n) is 3.08. The van der Waals surface area contributed by atoms with E-state index >= 15 is 0 Å². The topological polar surface area (TPSA) is 80.9 Å². The summed E-state index contributed by atoms with van der Waals surface area (Å²) in [6.07, 6.45) is 2.22. The molecule has 0 aliphatic carbocycles. The number of hydrogen-bond acceptors (Lipinski definition) is 5. The van der Waals surface area contributed by atoms with Crippen molar-refractivity contribution in [3.05, 3.63) is 59.6 Å². The lowest BCUT2D eigenvalue weighted by atomic mass is 10.2. The standard InChI is InChI=1S/C16H13ClN4O2/c17-11-5-1-2-6-12(11)19-14(22)8-9-15-20-16(21-23-15)13-7-3-4-10-18-13/h1-7,10H,8-9H2,(H,19,22). The minimum absolute atomic E-state index is 0.171. The number of carbonyl (C=O) groups excluding carboxylic acids is 1. The number of halogens is 1. The molecular formula is C16H13ClN4O2. The molecule has 2 heterocycles. The monoisotopic (exact) mass is 328 g/mol. The molecule has 2 aromatic heterocycles. The molecule has 1 N–H and O–H groups in total. The Morgan fingerprint density at radius 2 is 2.00 bits per heavy atom. The number of anilines is 1. The zero-order chi connectivity index (χ0) is 16.1. The van der Waals surface area contributed by atoms with Crippen LogP contribution in [0.4, 0.5) is 5.69 Å². The Labute approximate surface area is 137 Å². The second-order valence-corrected chi connectivity index (χ2v) is 5.16. The zero-order valence-electron chi connectivity index (χ0n) is 12.1. The van der Waals surface area contributed by atoms with Crippen LogP contribution in [-0.2, 0) is 11.2 Å². The molecule has 0 bridgehead atoms. The van der Waals surface area contributed by atoms with Crippen molar-refractivity contribution in [1.29, 1.82) is 0 Å². The van der Waals surface area contributed by atoms with Crippen LogP contribution in [0.3, 0.4) is 0 Å². The van der Waals surface area contributed by atoms with Gasteiger partial charge < -0.3 is 9.84 Å². The number of aryl methyl sites for hydroxylation is 1. The molecule has 3 aromatic rings. The van der Waals surface area contributed by atoms with Crippen molar-refractivity contribution in [2.45, 2.75) is 12.8 Å². The number of nitrogens with one attached hydrogen (secondary N) is 1. The Morgan fingerprint density at radius 1 is 1.17 bits per heavy atom. The Hall–Kier alpha value is -2.73. The molecular weight excluding hydrogens is 316 g/mol. The highest BCUT2D eigenvalue weighted by molar-refractivity contribution is 6.33. The van der Waals surface area contributed by atoms with E-state index in [4.69, 9.17) is 16.1 Å². The van der Waals surface area contributed by atoms with E-state index in [1.807, 2.05) is 12.1 Å². The van der Waals surface area contributed by atoms with Crippen LogP contribution in [0.5, 0.6) is 0 Å². The second-order valence-electron chi connectivity index (χ2n) is 4.75. The zero-order valence-corrected chi connectivity index (χ0v) is 12.8. The molecule has 0 aliphatic rings. The van der Waals surface area contributed by atoms with Crippen LogP contribution in [0.1, 0.15) is 12.3 Å². The van der Waals surface area contributed by atoms with E-state index in [1.165, 1.54) is 0 Å². The van der Waals surface area contributed by atoms with Crippen molar-refractivity contribution >= 4 is 23.2 Å². The molecule has 0 spiro atoms. The maximum atomic E-state index is 11.9. The number of aromatic nitrogens is 3. The van der Waals surface area contributed by atoms with E-state index in [0.29, 0.717) is 34.5 Å². The van der Waals surface area contributed by atoms with Crippen LogP contribution in [0, 0.1) is 0 Å². The van der Waals surface area contributed by atoms with Gasteiger partial charge in [0.1, 0.15) is 5.69 Å². The van der Waals surface area contributed by atoms with Gasteiger partial charge in [-0.1, -0.05) is 35.0 Å². The SMILES string of the molecule is O=C(CCc1nc(-c2ccccn2)no1)Nc1ccccc1Cl. The molecule has 1 amide bonds. The molecule has 0 radical (unpaired) electrons. The number of carbonyl (C=O) groups is 1. The minimum atomic E-state index is -0.171. The van der Waals surface area contributed by atoms with Crippen molar-refractivity contribution in [3.8, 4) is 11.5 Å². The van der Waals surface area contributed by atoms with E-state index < -0.39 is 0 Å². The van der Waals surface area contributed by atoms with Gasteiger partial charge in [-0.2, -0.15) is 4.98 Å². The number of amides is 1. The molecule has 23 heavy (non-hydrogen) atoms. The van der Waals surface area contributed by atoms with E-state index in [0.717, 1.165) is 0 Å². The van der Waals surface area contributed by atoms with Gasteiger partial charge in [0, 0.05) is 19.0 Å². The highest BCUT2D eigenvalue weighted by Gasteiger charge is 2.12. The fraction of sp³-hybridized carbons (Fsp3) is 0.125. The molecule has 3 rings (SSSR count). The molecule has 0 atom stereocenters. The number of para-hydroxylation sites is 1. The second kappa shape index (κ2) is 7.02. The van der Waals surface area contributed by atoms with Crippen molar-refractivity contribution < 1.29 is 9.32 Å². The summed E-state index contributed by atoms with van der Waals surface area (Å²) < 4.78 is 5.14. The average Bonchev–Trinajstić information content (AvgIpc) is 3.05. The number of hydrogen-bond donors (Lipinski definition) is 1. The van der Waals surface area contributed by atoms with E-state index in [9.17, 15) is 4.79 Å². The lowest BCUT2D eigenvalue weighted by molar-refractivity contribution is -0.116. The van der Waals surface area contributed by atoms with Gasteiger partial charge in [-0.15, -0.1) is 0 Å². The summed E-state index contributed by atoms with van der Waals surface area (Å²) in [5, 5.41) is 7.10. The Balaban J connectivity index is 1.58. The first-order chi connectivity index (χ1) is 11.2. The van der Waals surface area contributed by atoms with Crippen LogP contribution >= 0.6 is 11.6 Å². The van der Waals surface area contributed by atoms with Crippen molar-refractivity contribution in [2.24, 2.45) is 0 Å². The molecule has 0 saturated heterocycles. The lowest BCUT2D eigenvalue weighted by Gasteiger charge is -2.05. The van der Waals surface area contributed by atoms with Crippen LogP contribution in [0.25, 0.3) is 11.5 Å². The van der Waals surface area contributed by atoms with Crippen LogP contribution in [0.15, 0.2) is 53.2 Å². The molecule has 0 fully saturated rings. The number of pyridine rings is 1. The summed E-state index contributed by atoms with van der Waals surface area (Å²) in [7, 11) is 0. The first-order valence-electron chi connectivity index (χ1n) is 7.01. The quantitative estimate of drug-likeness (QED) is 0.776. The predicted octanol–water partition coefficient (Wildman–Crippen LogP) is 3.36. The van der Waals surface area contributed by atoms with E-state index in [2.05, 4.69) is 20.4 Å². The van der Waals surface area contributed by atoms with E-state index in [-0.39, 0.29) is 12.3 Å². The average molecular weight is 329 g/mol. The van der Waals surface area contributed by atoms with Crippen molar-refractivity contribution in [1.82, 2.24) is 15.1 Å². The predicted molar refractivity (Wildman–Crippen MR) is 85.9 cm³/mol. The first kappa shape index (κ1) is 15.2. The van der Waals surface area contributed by atoms with E-state index in [1.54, 1.807) is 36.5 Å². The van der Waals surface area contributed by atoms with Crippen molar-refractivity contribution in [2.75, 3.05) is 5.32 Å². The van der Waals surface area contributed by atoms with Crippen LogP contribution in [-0.4, -0.2) is 21.0 Å².